The van der Waals surface area contributed by atoms with Gasteiger partial charge in [-0.1, -0.05) is 26.0 Å². The minimum absolute atomic E-state index is 0.0417. The summed E-state index contributed by atoms with van der Waals surface area (Å²) < 4.78 is 4.74. The number of methoxy groups -OCH3 is 1. The zero-order valence-electron chi connectivity index (χ0n) is 17.5. The number of hydrogen-bond acceptors (Lipinski definition) is 5. The number of ether oxygens (including phenoxy) is 1. The molecule has 158 valence electrons. The fourth-order valence-electron chi connectivity index (χ4n) is 3.30. The number of amides is 1. The maximum absolute atomic E-state index is 12.3. The first-order valence-electron chi connectivity index (χ1n) is 10.2. The Labute approximate surface area is 177 Å². The van der Waals surface area contributed by atoms with E-state index in [1.807, 2.05) is 37.0 Å². The number of aliphatic hydroxyl groups is 1. The van der Waals surface area contributed by atoms with E-state index in [9.17, 15) is 14.7 Å². The van der Waals surface area contributed by atoms with Gasteiger partial charge < -0.3 is 14.7 Å². The van der Waals surface area contributed by atoms with Crippen LogP contribution in [0.3, 0.4) is 0 Å². The molecule has 2 rings (SSSR count). The predicted molar refractivity (Wildman–Crippen MR) is 116 cm³/mol. The van der Waals surface area contributed by atoms with Gasteiger partial charge in [-0.25, -0.2) is 4.79 Å². The Morgan fingerprint density at radius 1 is 1.45 bits per heavy atom. The van der Waals surface area contributed by atoms with Crippen molar-refractivity contribution in [2.24, 2.45) is 5.92 Å². The zero-order valence-corrected chi connectivity index (χ0v) is 18.3. The summed E-state index contributed by atoms with van der Waals surface area (Å²) in [4.78, 5) is 27.4. The number of rotatable bonds is 9. The standard InChI is InChI=1S/C23H31NO4S/c1-4-5-6-8-17(2)20(25)13-10-18-11-15-22(26)24(18)16-7-9-19-12-14-21(29-19)23(27)28-3/h10,12-14,17-18,20,25H,4,7-9,11,15-16H2,1-3H3/b13-10+/t17?,18-,20+/m0/s1. The largest absolute Gasteiger partial charge is 0.465 e. The number of carbonyl (C=O) groups excluding carboxylic acids is 2. The summed E-state index contributed by atoms with van der Waals surface area (Å²) in [7, 11) is 1.38. The summed E-state index contributed by atoms with van der Waals surface area (Å²) in [6.45, 7) is 4.67. The van der Waals surface area contributed by atoms with Crippen LogP contribution in [0.15, 0.2) is 24.3 Å². The fraction of sp³-hybridized carbons (Fsp3) is 0.565. The van der Waals surface area contributed by atoms with Crippen molar-refractivity contribution in [3.63, 3.8) is 0 Å². The van der Waals surface area contributed by atoms with Crippen LogP contribution in [0.25, 0.3) is 0 Å². The first-order valence-corrected chi connectivity index (χ1v) is 11.1. The van der Waals surface area contributed by atoms with Crippen molar-refractivity contribution in [3.05, 3.63) is 34.0 Å². The lowest BCUT2D eigenvalue weighted by atomic mass is 10.00. The van der Waals surface area contributed by atoms with Crippen LogP contribution in [0.5, 0.6) is 0 Å². The molecule has 0 aromatic carbocycles. The Morgan fingerprint density at radius 2 is 2.24 bits per heavy atom. The van der Waals surface area contributed by atoms with E-state index in [2.05, 4.69) is 11.8 Å². The van der Waals surface area contributed by atoms with Crippen LogP contribution in [0.1, 0.15) is 60.5 Å². The molecular weight excluding hydrogens is 386 g/mol. The van der Waals surface area contributed by atoms with Crippen molar-refractivity contribution in [3.8, 4) is 11.8 Å². The van der Waals surface area contributed by atoms with Crippen LogP contribution in [0.2, 0.25) is 0 Å². The SMILES string of the molecule is CCC#CCC(C)[C@H](O)/C=C/[C@H]1CCC(=O)N1CCCc1ccc(C(=O)OC)s1. The van der Waals surface area contributed by atoms with Crippen LogP contribution in [-0.4, -0.2) is 47.7 Å². The number of nitrogens with zero attached hydrogens (tertiary/aromatic N) is 1. The van der Waals surface area contributed by atoms with Crippen molar-refractivity contribution in [1.82, 2.24) is 4.90 Å². The highest BCUT2D eigenvalue weighted by Gasteiger charge is 2.28. The number of esters is 1. The predicted octanol–water partition coefficient (Wildman–Crippen LogP) is 3.82. The molecule has 0 saturated carbocycles. The van der Waals surface area contributed by atoms with Crippen molar-refractivity contribution in [2.45, 2.75) is 64.5 Å². The van der Waals surface area contributed by atoms with Gasteiger partial charge in [-0.05, 0) is 37.3 Å². The second-order valence-electron chi connectivity index (χ2n) is 7.32. The molecule has 1 fully saturated rings. The van der Waals surface area contributed by atoms with Gasteiger partial charge in [-0.15, -0.1) is 23.2 Å². The van der Waals surface area contributed by atoms with E-state index in [0.29, 0.717) is 24.3 Å². The van der Waals surface area contributed by atoms with Crippen LogP contribution in [0.4, 0.5) is 0 Å². The highest BCUT2D eigenvalue weighted by molar-refractivity contribution is 7.13. The lowest BCUT2D eigenvalue weighted by molar-refractivity contribution is -0.128. The molecular formula is C23H31NO4S. The van der Waals surface area contributed by atoms with Crippen molar-refractivity contribution in [1.29, 1.82) is 0 Å². The minimum atomic E-state index is -0.554. The molecule has 0 spiro atoms. The topological polar surface area (TPSA) is 66.8 Å². The summed E-state index contributed by atoms with van der Waals surface area (Å²) in [5.74, 6) is 6.03. The van der Waals surface area contributed by atoms with Gasteiger partial charge in [-0.3, -0.25) is 4.79 Å². The molecule has 0 bridgehead atoms. The molecule has 1 unspecified atom stereocenters. The number of thiophene rings is 1. The van der Waals surface area contributed by atoms with Gasteiger partial charge in [0.05, 0.1) is 19.3 Å². The number of likely N-dealkylation sites (tertiary alicyclic amines) is 1. The summed E-state index contributed by atoms with van der Waals surface area (Å²) in [5, 5.41) is 10.3. The minimum Gasteiger partial charge on any atom is -0.465 e. The van der Waals surface area contributed by atoms with E-state index in [1.54, 1.807) is 6.07 Å². The first kappa shape index (κ1) is 23.2. The average Bonchev–Trinajstić information content (AvgIpc) is 3.33. The summed E-state index contributed by atoms with van der Waals surface area (Å²) >= 11 is 1.44. The molecule has 29 heavy (non-hydrogen) atoms. The van der Waals surface area contributed by atoms with Gasteiger partial charge in [0, 0.05) is 30.7 Å². The van der Waals surface area contributed by atoms with Gasteiger partial charge in [0.25, 0.3) is 0 Å². The van der Waals surface area contributed by atoms with Crippen molar-refractivity contribution >= 4 is 23.2 Å². The van der Waals surface area contributed by atoms with E-state index in [0.717, 1.165) is 30.6 Å². The lowest BCUT2D eigenvalue weighted by Gasteiger charge is -2.23. The molecule has 1 aromatic rings. The third-order valence-corrected chi connectivity index (χ3v) is 6.21. The van der Waals surface area contributed by atoms with Gasteiger partial charge >= 0.3 is 5.97 Å². The van der Waals surface area contributed by atoms with E-state index in [-0.39, 0.29) is 23.8 Å². The third kappa shape index (κ3) is 7.02. The maximum Gasteiger partial charge on any atom is 0.348 e. The molecule has 0 radical (unpaired) electrons. The molecule has 5 nitrogen and oxygen atoms in total. The summed E-state index contributed by atoms with van der Waals surface area (Å²) in [5.41, 5.74) is 0. The number of hydrogen-bond donors (Lipinski definition) is 1. The molecule has 1 aromatic heterocycles. The van der Waals surface area contributed by atoms with E-state index < -0.39 is 6.10 Å². The molecule has 1 N–H and O–H groups in total. The maximum atomic E-state index is 12.3. The van der Waals surface area contributed by atoms with Gasteiger partial charge in [0.1, 0.15) is 4.88 Å². The summed E-state index contributed by atoms with van der Waals surface area (Å²) in [6, 6.07) is 3.77. The highest BCUT2D eigenvalue weighted by Crippen LogP contribution is 2.23. The second kappa shape index (κ2) is 11.8. The van der Waals surface area contributed by atoms with E-state index >= 15 is 0 Å². The number of aliphatic hydroxyl groups excluding tert-OH is 1. The highest BCUT2D eigenvalue weighted by atomic mass is 32.1. The molecule has 1 amide bonds. The molecule has 1 aliphatic rings. The smallest absolute Gasteiger partial charge is 0.348 e. The van der Waals surface area contributed by atoms with Crippen LogP contribution < -0.4 is 0 Å². The Kier molecular flexibility index (Phi) is 9.43. The van der Waals surface area contributed by atoms with Crippen LogP contribution in [0, 0.1) is 17.8 Å². The molecule has 6 heteroatoms. The molecule has 0 aliphatic carbocycles. The van der Waals surface area contributed by atoms with Crippen molar-refractivity contribution in [2.75, 3.05) is 13.7 Å². The average molecular weight is 418 g/mol. The van der Waals surface area contributed by atoms with Gasteiger partial charge in [-0.2, -0.15) is 0 Å². The zero-order chi connectivity index (χ0) is 21.2. The molecule has 1 saturated heterocycles. The fourth-order valence-corrected chi connectivity index (χ4v) is 4.27. The van der Waals surface area contributed by atoms with Crippen molar-refractivity contribution < 1.29 is 19.4 Å². The number of carbonyl (C=O) groups is 2. The monoisotopic (exact) mass is 417 g/mol. The molecule has 3 atom stereocenters. The van der Waals surface area contributed by atoms with Crippen LogP contribution >= 0.6 is 11.3 Å². The Morgan fingerprint density at radius 3 is 2.97 bits per heavy atom. The Hall–Kier alpha value is -2.10. The van der Waals surface area contributed by atoms with Gasteiger partial charge in [0.15, 0.2) is 0 Å². The Balaban J connectivity index is 1.85. The van der Waals surface area contributed by atoms with E-state index in [4.69, 9.17) is 4.74 Å². The normalized spacial score (nSPS) is 18.6. The quantitative estimate of drug-likeness (QED) is 0.377. The Bertz CT molecular complexity index is 773. The second-order valence-corrected chi connectivity index (χ2v) is 8.49. The van der Waals surface area contributed by atoms with Gasteiger partial charge in [0.2, 0.25) is 5.91 Å². The number of aryl methyl sites for hydroxylation is 1. The molecule has 1 aliphatic heterocycles. The summed E-state index contributed by atoms with van der Waals surface area (Å²) in [6.07, 6.45) is 7.72. The first-order chi connectivity index (χ1) is 14.0. The third-order valence-electron chi connectivity index (χ3n) is 5.08. The van der Waals surface area contributed by atoms with E-state index in [1.165, 1.54) is 18.4 Å². The molecule has 2 heterocycles. The van der Waals surface area contributed by atoms with Crippen LogP contribution in [-0.2, 0) is 16.0 Å². The lowest BCUT2D eigenvalue weighted by Crippen LogP contribution is -2.33.